The Morgan fingerprint density at radius 1 is 1.20 bits per heavy atom. The minimum atomic E-state index is -0.300. The Morgan fingerprint density at radius 2 is 1.70 bits per heavy atom. The van der Waals surface area contributed by atoms with E-state index in [1.807, 2.05) is 0 Å². The van der Waals surface area contributed by atoms with Crippen molar-refractivity contribution in [3.05, 3.63) is 6.92 Å². The zero-order chi connectivity index (χ0) is 8.15. The van der Waals surface area contributed by atoms with Crippen molar-refractivity contribution >= 4 is 46.4 Å². The van der Waals surface area contributed by atoms with Crippen molar-refractivity contribution in [3.8, 4) is 0 Å². The minimum absolute atomic E-state index is 0.104. The fourth-order valence-corrected chi connectivity index (χ4v) is 1.18. The second-order valence-electron chi connectivity index (χ2n) is 2.02. The van der Waals surface area contributed by atoms with Gasteiger partial charge in [0.05, 0.1) is 10.8 Å². The van der Waals surface area contributed by atoms with Crippen molar-refractivity contribution in [2.75, 3.05) is 5.88 Å². The van der Waals surface area contributed by atoms with Crippen LogP contribution in [0.15, 0.2) is 0 Å². The number of hydrogen-bond donors (Lipinski definition) is 0. The van der Waals surface area contributed by atoms with Crippen LogP contribution >= 0.6 is 46.4 Å². The Morgan fingerprint density at radius 3 is 2.00 bits per heavy atom. The molecule has 0 nitrogen and oxygen atoms in total. The molecule has 3 atom stereocenters. The summed E-state index contributed by atoms with van der Waals surface area (Å²) in [7, 11) is 0. The molecule has 0 N–H and O–H groups in total. The highest BCUT2D eigenvalue weighted by Crippen LogP contribution is 2.18. The molecular weight excluding hydrogens is 214 g/mol. The average molecular weight is 223 g/mol. The Balaban J connectivity index is 3.46. The van der Waals surface area contributed by atoms with E-state index in [0.29, 0.717) is 12.3 Å². The standard InChI is InChI=1S/C6H9Cl4/c1-4(8)6(10)2-5(9)3-7/h4-6H,1-3H2. The van der Waals surface area contributed by atoms with E-state index in [2.05, 4.69) is 6.92 Å². The van der Waals surface area contributed by atoms with Crippen LogP contribution in [0.1, 0.15) is 6.42 Å². The van der Waals surface area contributed by atoms with Gasteiger partial charge in [-0.3, -0.25) is 0 Å². The van der Waals surface area contributed by atoms with Gasteiger partial charge in [-0.2, -0.15) is 0 Å². The van der Waals surface area contributed by atoms with Crippen LogP contribution in [0.25, 0.3) is 0 Å². The summed E-state index contributed by atoms with van der Waals surface area (Å²) in [6.45, 7) is 3.56. The predicted octanol–water partition coefficient (Wildman–Crippen LogP) is 3.27. The first kappa shape index (κ1) is 11.2. The molecule has 0 amide bonds. The Kier molecular flexibility index (Phi) is 6.43. The van der Waals surface area contributed by atoms with Gasteiger partial charge in [0.2, 0.25) is 0 Å². The molecule has 3 unspecified atom stereocenters. The molecule has 4 heteroatoms. The number of hydrogen-bond acceptors (Lipinski definition) is 0. The summed E-state index contributed by atoms with van der Waals surface area (Å²) in [5.74, 6) is 0.397. The lowest BCUT2D eigenvalue weighted by atomic mass is 10.2. The lowest BCUT2D eigenvalue weighted by Crippen LogP contribution is -2.17. The van der Waals surface area contributed by atoms with E-state index in [4.69, 9.17) is 46.4 Å². The van der Waals surface area contributed by atoms with Gasteiger partial charge in [-0.25, -0.2) is 0 Å². The molecule has 0 rings (SSSR count). The summed E-state index contributed by atoms with van der Waals surface area (Å²) in [6, 6.07) is 0. The summed E-state index contributed by atoms with van der Waals surface area (Å²) in [5, 5.41) is -0.596. The van der Waals surface area contributed by atoms with E-state index in [0.717, 1.165) is 0 Å². The van der Waals surface area contributed by atoms with E-state index in [-0.39, 0.29) is 16.1 Å². The molecule has 0 aromatic heterocycles. The Bertz CT molecular complexity index is 83.8. The fourth-order valence-electron chi connectivity index (χ4n) is 0.455. The quantitative estimate of drug-likeness (QED) is 0.641. The van der Waals surface area contributed by atoms with Crippen LogP contribution in [0.4, 0.5) is 0 Å². The zero-order valence-electron chi connectivity index (χ0n) is 5.37. The maximum Gasteiger partial charge on any atom is 0.0514 e. The van der Waals surface area contributed by atoms with Crippen molar-refractivity contribution < 1.29 is 0 Å². The zero-order valence-corrected chi connectivity index (χ0v) is 8.39. The summed E-state index contributed by atoms with van der Waals surface area (Å²) < 4.78 is 0. The second-order valence-corrected chi connectivity index (χ2v) is 4.07. The maximum atomic E-state index is 5.75. The highest BCUT2D eigenvalue weighted by Gasteiger charge is 2.15. The molecule has 0 saturated carbocycles. The number of alkyl halides is 4. The van der Waals surface area contributed by atoms with Crippen molar-refractivity contribution in [1.29, 1.82) is 0 Å². The molecule has 0 spiro atoms. The van der Waals surface area contributed by atoms with Gasteiger partial charge in [-0.1, -0.05) is 0 Å². The lowest BCUT2D eigenvalue weighted by Gasteiger charge is -2.13. The highest BCUT2D eigenvalue weighted by molar-refractivity contribution is 6.31. The molecule has 0 aromatic rings. The largest absolute Gasteiger partial charge is 0.125 e. The van der Waals surface area contributed by atoms with Crippen LogP contribution < -0.4 is 0 Å². The van der Waals surface area contributed by atoms with Crippen LogP contribution in [-0.2, 0) is 0 Å². The predicted molar refractivity (Wildman–Crippen MR) is 49.6 cm³/mol. The van der Waals surface area contributed by atoms with Crippen LogP contribution in [0.3, 0.4) is 0 Å². The van der Waals surface area contributed by atoms with Gasteiger partial charge >= 0.3 is 0 Å². The molecular formula is C6H9Cl4. The molecule has 0 aliphatic rings. The third-order valence-corrected chi connectivity index (χ3v) is 2.82. The molecule has 0 aliphatic heterocycles. The van der Waals surface area contributed by atoms with Gasteiger partial charge in [0.25, 0.3) is 0 Å². The highest BCUT2D eigenvalue weighted by atomic mass is 35.5. The van der Waals surface area contributed by atoms with Crippen LogP contribution in [0.5, 0.6) is 0 Å². The van der Waals surface area contributed by atoms with Crippen molar-refractivity contribution in [2.45, 2.75) is 22.6 Å². The maximum absolute atomic E-state index is 5.75. The second kappa shape index (κ2) is 5.77. The van der Waals surface area contributed by atoms with E-state index in [1.165, 1.54) is 0 Å². The van der Waals surface area contributed by atoms with Crippen molar-refractivity contribution in [3.63, 3.8) is 0 Å². The first-order valence-corrected chi connectivity index (χ1v) is 4.73. The molecule has 0 aliphatic carbocycles. The molecule has 0 saturated heterocycles. The van der Waals surface area contributed by atoms with E-state index in [9.17, 15) is 0 Å². The van der Waals surface area contributed by atoms with Gasteiger partial charge in [-0.15, -0.1) is 46.4 Å². The van der Waals surface area contributed by atoms with Gasteiger partial charge < -0.3 is 0 Å². The van der Waals surface area contributed by atoms with E-state index in [1.54, 1.807) is 0 Å². The number of halogens is 4. The molecule has 0 fully saturated rings. The summed E-state index contributed by atoms with van der Waals surface area (Å²) in [5.41, 5.74) is 0. The van der Waals surface area contributed by atoms with Gasteiger partial charge in [-0.05, 0) is 13.3 Å². The topological polar surface area (TPSA) is 0 Å². The summed E-state index contributed by atoms with van der Waals surface area (Å²) in [6.07, 6.45) is 0.601. The molecule has 1 radical (unpaired) electrons. The molecule has 0 aromatic carbocycles. The smallest absolute Gasteiger partial charge is 0.0514 e. The third kappa shape index (κ3) is 4.90. The van der Waals surface area contributed by atoms with Crippen LogP contribution in [0, 0.1) is 6.92 Å². The lowest BCUT2D eigenvalue weighted by molar-refractivity contribution is 0.751. The fraction of sp³-hybridized carbons (Fsp3) is 0.833. The normalized spacial score (nSPS) is 20.1. The van der Waals surface area contributed by atoms with Gasteiger partial charge in [0, 0.05) is 11.3 Å². The summed E-state index contributed by atoms with van der Waals surface area (Å²) >= 11 is 22.5. The van der Waals surface area contributed by atoms with E-state index < -0.39 is 0 Å². The van der Waals surface area contributed by atoms with Crippen molar-refractivity contribution in [2.24, 2.45) is 0 Å². The molecule has 10 heavy (non-hydrogen) atoms. The first-order chi connectivity index (χ1) is 4.57. The number of rotatable bonds is 4. The van der Waals surface area contributed by atoms with Crippen molar-refractivity contribution in [1.82, 2.24) is 0 Å². The third-order valence-electron chi connectivity index (χ3n) is 1.04. The average Bonchev–Trinajstić information content (AvgIpc) is 1.87. The molecule has 61 valence electrons. The molecule has 0 heterocycles. The first-order valence-electron chi connectivity index (χ1n) is 2.89. The SMILES string of the molecule is [CH2]C(Cl)C(Cl)CC(Cl)CCl. The van der Waals surface area contributed by atoms with Gasteiger partial charge in [0.15, 0.2) is 0 Å². The van der Waals surface area contributed by atoms with Gasteiger partial charge in [0.1, 0.15) is 0 Å². The summed E-state index contributed by atoms with van der Waals surface area (Å²) in [4.78, 5) is 0. The van der Waals surface area contributed by atoms with E-state index >= 15 is 0 Å². The van der Waals surface area contributed by atoms with Crippen LogP contribution in [-0.4, -0.2) is 22.0 Å². The monoisotopic (exact) mass is 221 g/mol. The van der Waals surface area contributed by atoms with Crippen LogP contribution in [0.2, 0.25) is 0 Å². The Labute approximate surface area is 81.8 Å². The molecule has 0 bridgehead atoms. The minimum Gasteiger partial charge on any atom is -0.125 e. The Hall–Kier alpha value is 1.16.